The van der Waals surface area contributed by atoms with Crippen LogP contribution < -0.4 is 0 Å². The first-order valence-corrected chi connectivity index (χ1v) is 10.6. The van der Waals surface area contributed by atoms with Crippen molar-refractivity contribution >= 4 is 33.4 Å². The zero-order valence-corrected chi connectivity index (χ0v) is 18.2. The fourth-order valence-corrected chi connectivity index (χ4v) is 4.79. The average molecular weight is 453 g/mol. The molecule has 1 fully saturated rings. The number of para-hydroxylation sites is 1. The van der Waals surface area contributed by atoms with E-state index in [4.69, 9.17) is 4.74 Å². The molecule has 2 aromatic rings. The monoisotopic (exact) mass is 452 g/mol. The number of nitrogens with zero attached hydrogens (tertiary/aromatic N) is 2. The number of amides is 1. The van der Waals surface area contributed by atoms with Crippen LogP contribution in [0.4, 0.5) is 4.79 Å². The lowest BCUT2D eigenvalue weighted by molar-refractivity contribution is 0.0119. The highest BCUT2D eigenvalue weighted by Gasteiger charge is 2.32. The van der Waals surface area contributed by atoms with Crippen LogP contribution in [0.2, 0.25) is 0 Å². The van der Waals surface area contributed by atoms with Gasteiger partial charge in [0.2, 0.25) is 0 Å². The number of ether oxygens (including phenoxy) is 1. The van der Waals surface area contributed by atoms with E-state index in [1.807, 2.05) is 45.0 Å². The Hall–Kier alpha value is -1.57. The molecule has 2 heterocycles. The number of aromatic hydroxyl groups is 1. The second-order valence-electron chi connectivity index (χ2n) is 7.61. The number of piperazine rings is 1. The van der Waals surface area contributed by atoms with Crippen LogP contribution in [-0.4, -0.2) is 52.8 Å². The van der Waals surface area contributed by atoms with Gasteiger partial charge in [-0.1, -0.05) is 18.2 Å². The molecule has 1 saturated heterocycles. The van der Waals surface area contributed by atoms with Crippen LogP contribution in [-0.2, 0) is 4.74 Å². The average Bonchev–Trinajstić information content (AvgIpc) is 3.02. The number of hydrogen-bond donors (Lipinski definition) is 1. The molecular formula is C20H25BrN2O3S. The molecular weight excluding hydrogens is 428 g/mol. The van der Waals surface area contributed by atoms with Gasteiger partial charge in [-0.05, 0) is 54.9 Å². The summed E-state index contributed by atoms with van der Waals surface area (Å²) in [5.74, 6) is 0.293. The molecule has 0 bridgehead atoms. The summed E-state index contributed by atoms with van der Waals surface area (Å²) >= 11 is 5.21. The minimum absolute atomic E-state index is 0.0386. The van der Waals surface area contributed by atoms with Crippen molar-refractivity contribution in [2.24, 2.45) is 0 Å². The maximum Gasteiger partial charge on any atom is 0.410 e. The molecule has 146 valence electrons. The number of rotatable bonds is 3. The number of thiophene rings is 1. The summed E-state index contributed by atoms with van der Waals surface area (Å²) in [6.45, 7) is 8.27. The third-order valence-electron chi connectivity index (χ3n) is 4.43. The van der Waals surface area contributed by atoms with Crippen LogP contribution in [0.15, 0.2) is 40.2 Å². The molecule has 0 aliphatic carbocycles. The van der Waals surface area contributed by atoms with Crippen molar-refractivity contribution in [2.75, 3.05) is 26.2 Å². The van der Waals surface area contributed by atoms with E-state index >= 15 is 0 Å². The third-order valence-corrected chi connectivity index (χ3v) is 6.10. The van der Waals surface area contributed by atoms with Crippen LogP contribution in [0.5, 0.6) is 5.75 Å². The van der Waals surface area contributed by atoms with Gasteiger partial charge in [0.25, 0.3) is 0 Å². The highest BCUT2D eigenvalue weighted by Crippen LogP contribution is 2.39. The van der Waals surface area contributed by atoms with Gasteiger partial charge in [0, 0.05) is 36.6 Å². The number of phenols is 1. The first kappa shape index (κ1) is 20.2. The second-order valence-corrected chi connectivity index (χ2v) is 10.1. The van der Waals surface area contributed by atoms with E-state index < -0.39 is 5.60 Å². The molecule has 0 spiro atoms. The van der Waals surface area contributed by atoms with Crippen molar-refractivity contribution in [3.63, 3.8) is 0 Å². The summed E-state index contributed by atoms with van der Waals surface area (Å²) in [5, 5.41) is 10.4. The molecule has 3 rings (SSSR count). The fourth-order valence-electron chi connectivity index (χ4n) is 3.21. The van der Waals surface area contributed by atoms with Crippen LogP contribution in [0.1, 0.15) is 37.3 Å². The van der Waals surface area contributed by atoms with E-state index in [1.54, 1.807) is 22.3 Å². The first-order chi connectivity index (χ1) is 12.7. The molecule has 0 radical (unpaired) electrons. The lowest BCUT2D eigenvalue weighted by atomic mass is 10.0. The predicted octanol–water partition coefficient (Wildman–Crippen LogP) is 4.86. The van der Waals surface area contributed by atoms with Gasteiger partial charge in [0.1, 0.15) is 11.4 Å². The normalized spacial score (nSPS) is 17.0. The van der Waals surface area contributed by atoms with E-state index in [2.05, 4.69) is 26.9 Å². The molecule has 1 aliphatic heterocycles. The molecule has 0 saturated carbocycles. The smallest absolute Gasteiger partial charge is 0.410 e. The topological polar surface area (TPSA) is 53.0 Å². The SMILES string of the molecule is CC(C)(C)OC(=O)N1CCN(C(c2ccc(Br)s2)c2ccccc2O)CC1. The predicted molar refractivity (Wildman–Crippen MR) is 111 cm³/mol. The summed E-state index contributed by atoms with van der Waals surface area (Å²) in [6.07, 6.45) is -0.264. The summed E-state index contributed by atoms with van der Waals surface area (Å²) in [6, 6.07) is 11.6. The van der Waals surface area contributed by atoms with Gasteiger partial charge in [0.15, 0.2) is 0 Å². The number of carbonyl (C=O) groups excluding carboxylic acids is 1. The lowest BCUT2D eigenvalue weighted by Gasteiger charge is -2.39. The van der Waals surface area contributed by atoms with Crippen LogP contribution in [0.3, 0.4) is 0 Å². The van der Waals surface area contributed by atoms with Crippen LogP contribution in [0.25, 0.3) is 0 Å². The molecule has 1 N–H and O–H groups in total. The minimum atomic E-state index is -0.490. The molecule has 5 nitrogen and oxygen atoms in total. The van der Waals surface area contributed by atoms with E-state index in [1.165, 1.54) is 0 Å². The molecule has 1 aromatic carbocycles. The zero-order chi connectivity index (χ0) is 19.6. The van der Waals surface area contributed by atoms with Gasteiger partial charge in [-0.3, -0.25) is 4.90 Å². The Kier molecular flexibility index (Phi) is 6.13. The molecule has 1 aliphatic rings. The number of hydrogen-bond acceptors (Lipinski definition) is 5. The summed E-state index contributed by atoms with van der Waals surface area (Å²) in [5.41, 5.74) is 0.396. The molecule has 1 atom stereocenters. The van der Waals surface area contributed by atoms with Crippen molar-refractivity contribution in [3.8, 4) is 5.75 Å². The Morgan fingerprint density at radius 3 is 2.37 bits per heavy atom. The van der Waals surface area contributed by atoms with E-state index in [0.29, 0.717) is 31.9 Å². The number of halogens is 1. The Bertz CT molecular complexity index is 795. The Morgan fingerprint density at radius 1 is 1.15 bits per heavy atom. The zero-order valence-electron chi connectivity index (χ0n) is 15.8. The molecule has 1 unspecified atom stereocenters. The van der Waals surface area contributed by atoms with Crippen molar-refractivity contribution in [2.45, 2.75) is 32.4 Å². The summed E-state index contributed by atoms with van der Waals surface area (Å²) < 4.78 is 6.55. The number of benzene rings is 1. The van der Waals surface area contributed by atoms with Gasteiger partial charge in [-0.25, -0.2) is 4.79 Å². The van der Waals surface area contributed by atoms with Gasteiger partial charge in [0.05, 0.1) is 9.83 Å². The largest absolute Gasteiger partial charge is 0.508 e. The number of phenolic OH excluding ortho intramolecular Hbond substituents is 1. The Labute approximate surface area is 172 Å². The standard InChI is InChI=1S/C20H25BrN2O3S/c1-20(2,3)26-19(25)23-12-10-22(11-13-23)18(16-8-9-17(21)27-16)14-6-4-5-7-15(14)24/h4-9,18,24H,10-13H2,1-3H3. The molecule has 7 heteroatoms. The van der Waals surface area contributed by atoms with Crippen molar-refractivity contribution < 1.29 is 14.6 Å². The summed E-state index contributed by atoms with van der Waals surface area (Å²) in [4.78, 5) is 17.6. The minimum Gasteiger partial charge on any atom is -0.508 e. The Morgan fingerprint density at radius 2 is 1.81 bits per heavy atom. The van der Waals surface area contributed by atoms with E-state index in [0.717, 1.165) is 14.2 Å². The van der Waals surface area contributed by atoms with Crippen molar-refractivity contribution in [3.05, 3.63) is 50.6 Å². The maximum atomic E-state index is 12.3. The highest BCUT2D eigenvalue weighted by molar-refractivity contribution is 9.11. The lowest BCUT2D eigenvalue weighted by Crippen LogP contribution is -2.50. The van der Waals surface area contributed by atoms with Gasteiger partial charge >= 0.3 is 6.09 Å². The highest BCUT2D eigenvalue weighted by atomic mass is 79.9. The number of carbonyl (C=O) groups is 1. The summed E-state index contributed by atoms with van der Waals surface area (Å²) in [7, 11) is 0. The van der Waals surface area contributed by atoms with E-state index in [9.17, 15) is 9.90 Å². The maximum absolute atomic E-state index is 12.3. The van der Waals surface area contributed by atoms with Gasteiger partial charge in [-0.15, -0.1) is 11.3 Å². The second kappa shape index (κ2) is 8.20. The molecule has 27 heavy (non-hydrogen) atoms. The third kappa shape index (κ3) is 5.03. The van der Waals surface area contributed by atoms with Gasteiger partial charge < -0.3 is 14.7 Å². The van der Waals surface area contributed by atoms with Crippen LogP contribution in [0, 0.1) is 0 Å². The van der Waals surface area contributed by atoms with E-state index in [-0.39, 0.29) is 12.1 Å². The first-order valence-electron chi connectivity index (χ1n) is 9.00. The van der Waals surface area contributed by atoms with Gasteiger partial charge in [-0.2, -0.15) is 0 Å². The quantitative estimate of drug-likeness (QED) is 0.722. The van der Waals surface area contributed by atoms with Crippen LogP contribution >= 0.6 is 27.3 Å². The fraction of sp³-hybridized carbons (Fsp3) is 0.450. The molecule has 1 amide bonds. The molecule has 1 aromatic heterocycles. The van der Waals surface area contributed by atoms with Crippen molar-refractivity contribution in [1.82, 2.24) is 9.80 Å². The Balaban J connectivity index is 1.78. The van der Waals surface area contributed by atoms with Crippen molar-refractivity contribution in [1.29, 1.82) is 0 Å².